The summed E-state index contributed by atoms with van der Waals surface area (Å²) in [6, 6.07) is 3.58. The largest absolute Gasteiger partial charge is 0.490 e. The average molecular weight is 443 g/mol. The van der Waals surface area contributed by atoms with Crippen LogP contribution in [0.25, 0.3) is 0 Å². The molecule has 0 unspecified atom stereocenters. The molecule has 2 amide bonds. The number of nitrogens with zero attached hydrogens (tertiary/aromatic N) is 3. The molecule has 0 radical (unpaired) electrons. The molecule has 3 aliphatic rings. The summed E-state index contributed by atoms with van der Waals surface area (Å²) in [6.07, 6.45) is 2.25. The Bertz CT molecular complexity index is 806. The summed E-state index contributed by atoms with van der Waals surface area (Å²) in [5.41, 5.74) is 0.359. The summed E-state index contributed by atoms with van der Waals surface area (Å²) in [6.45, 7) is 3.07. The number of carbonyl (C=O) groups excluding carboxylic acids is 2. The van der Waals surface area contributed by atoms with E-state index >= 15 is 0 Å². The van der Waals surface area contributed by atoms with Crippen LogP contribution in [-0.4, -0.2) is 82.2 Å². The highest BCUT2D eigenvalue weighted by Gasteiger charge is 2.44. The third kappa shape index (κ3) is 6.16. The summed E-state index contributed by atoms with van der Waals surface area (Å²) < 4.78 is 37.7. The van der Waals surface area contributed by atoms with Crippen LogP contribution >= 0.6 is 0 Å². The van der Waals surface area contributed by atoms with E-state index < -0.39 is 12.1 Å². The second-order valence-electron chi connectivity index (χ2n) is 8.03. The van der Waals surface area contributed by atoms with E-state index in [0.29, 0.717) is 31.1 Å². The molecule has 1 N–H and O–H groups in total. The number of halogens is 3. The number of morpholine rings is 1. The number of carboxylic acid groups (broad SMARTS) is 1. The van der Waals surface area contributed by atoms with Gasteiger partial charge in [0.15, 0.2) is 0 Å². The molecule has 3 fully saturated rings. The van der Waals surface area contributed by atoms with Crippen molar-refractivity contribution >= 4 is 17.8 Å². The van der Waals surface area contributed by atoms with Crippen LogP contribution in [-0.2, 0) is 14.3 Å². The maximum Gasteiger partial charge on any atom is 0.490 e. The van der Waals surface area contributed by atoms with Crippen molar-refractivity contribution in [3.05, 3.63) is 30.1 Å². The Morgan fingerprint density at radius 1 is 1.26 bits per heavy atom. The van der Waals surface area contributed by atoms with Gasteiger partial charge in [-0.3, -0.25) is 14.6 Å². The van der Waals surface area contributed by atoms with Crippen molar-refractivity contribution in [2.75, 3.05) is 32.8 Å². The fraction of sp³-hybridized carbons (Fsp3) is 0.600. The number of amides is 2. The lowest BCUT2D eigenvalue weighted by Crippen LogP contribution is -2.59. The van der Waals surface area contributed by atoms with Crippen molar-refractivity contribution in [1.29, 1.82) is 0 Å². The summed E-state index contributed by atoms with van der Waals surface area (Å²) in [5.74, 6) is -1.93. The third-order valence-corrected chi connectivity index (χ3v) is 5.62. The number of ether oxygens (including phenoxy) is 1. The number of piperidine rings is 1. The van der Waals surface area contributed by atoms with E-state index in [4.69, 9.17) is 14.6 Å². The van der Waals surface area contributed by atoms with E-state index in [9.17, 15) is 22.8 Å². The molecule has 0 aromatic carbocycles. The van der Waals surface area contributed by atoms with E-state index in [2.05, 4.69) is 4.98 Å². The molecule has 1 aromatic rings. The molecule has 11 heteroatoms. The van der Waals surface area contributed by atoms with Gasteiger partial charge in [-0.25, -0.2) is 4.79 Å². The van der Waals surface area contributed by atoms with E-state index in [1.54, 1.807) is 24.5 Å². The fourth-order valence-corrected chi connectivity index (χ4v) is 3.66. The Morgan fingerprint density at radius 3 is 2.42 bits per heavy atom. The van der Waals surface area contributed by atoms with Gasteiger partial charge in [0.25, 0.3) is 5.91 Å². The Labute approximate surface area is 177 Å². The molecular weight excluding hydrogens is 419 g/mol. The average Bonchev–Trinajstić information content (AvgIpc) is 3.56. The highest BCUT2D eigenvalue weighted by molar-refractivity contribution is 5.94. The summed E-state index contributed by atoms with van der Waals surface area (Å²) in [5, 5.41) is 7.12. The number of carboxylic acids is 1. The van der Waals surface area contributed by atoms with Crippen molar-refractivity contribution in [2.24, 2.45) is 5.92 Å². The second-order valence-corrected chi connectivity index (χ2v) is 8.03. The topological polar surface area (TPSA) is 100 Å². The predicted octanol–water partition coefficient (Wildman–Crippen LogP) is 1.96. The minimum absolute atomic E-state index is 0.0275. The molecule has 2 saturated heterocycles. The SMILES string of the molecule is O=C(O)C(F)(F)F.O=C1COC2(CCN(C(=O)c3cccnc3)CC2)CN1CC1CC1. The number of carbonyl (C=O) groups is 3. The van der Waals surface area contributed by atoms with Gasteiger partial charge >= 0.3 is 12.1 Å². The number of aromatic nitrogens is 1. The molecule has 31 heavy (non-hydrogen) atoms. The normalized spacial score (nSPS) is 20.8. The van der Waals surface area contributed by atoms with Gasteiger partial charge in [-0.05, 0) is 43.7 Å². The Hall–Kier alpha value is -2.69. The fourth-order valence-electron chi connectivity index (χ4n) is 3.66. The zero-order chi connectivity index (χ0) is 22.6. The van der Waals surface area contributed by atoms with Gasteiger partial charge in [0, 0.05) is 38.6 Å². The van der Waals surface area contributed by atoms with Gasteiger partial charge in [0.1, 0.15) is 6.61 Å². The van der Waals surface area contributed by atoms with Crippen LogP contribution in [0.3, 0.4) is 0 Å². The molecule has 1 saturated carbocycles. The van der Waals surface area contributed by atoms with Crippen LogP contribution in [0, 0.1) is 5.92 Å². The Morgan fingerprint density at radius 2 is 1.90 bits per heavy atom. The van der Waals surface area contributed by atoms with Crippen LogP contribution < -0.4 is 0 Å². The molecule has 4 rings (SSSR count). The standard InChI is InChI=1S/C18H23N3O3.C2HF3O2/c22-16-12-24-18(13-21(16)11-14-3-4-14)5-8-20(9-6-18)17(23)15-2-1-7-19-10-15;3-2(4,5)1(6)7/h1-2,7,10,14H,3-6,8-9,11-13H2;(H,6,7). The highest BCUT2D eigenvalue weighted by Crippen LogP contribution is 2.35. The Kier molecular flexibility index (Phi) is 6.83. The number of hydrogen-bond donors (Lipinski definition) is 1. The minimum atomic E-state index is -5.08. The van der Waals surface area contributed by atoms with E-state index in [-0.39, 0.29) is 24.0 Å². The number of alkyl halides is 3. The maximum atomic E-state index is 12.5. The zero-order valence-corrected chi connectivity index (χ0v) is 16.8. The number of hydrogen-bond acceptors (Lipinski definition) is 5. The van der Waals surface area contributed by atoms with Crippen LogP contribution in [0.4, 0.5) is 13.2 Å². The maximum absolute atomic E-state index is 12.5. The van der Waals surface area contributed by atoms with Gasteiger partial charge < -0.3 is 19.6 Å². The van der Waals surface area contributed by atoms with Crippen LogP contribution in [0.2, 0.25) is 0 Å². The molecule has 0 bridgehead atoms. The van der Waals surface area contributed by atoms with E-state index in [1.807, 2.05) is 9.80 Å². The molecule has 3 heterocycles. The van der Waals surface area contributed by atoms with Gasteiger partial charge in [-0.15, -0.1) is 0 Å². The van der Waals surface area contributed by atoms with Gasteiger partial charge in [0.05, 0.1) is 11.2 Å². The molecule has 170 valence electrons. The van der Waals surface area contributed by atoms with Gasteiger partial charge in [-0.1, -0.05) is 0 Å². The first-order valence-corrected chi connectivity index (χ1v) is 10.0. The molecule has 1 aromatic heterocycles. The smallest absolute Gasteiger partial charge is 0.475 e. The monoisotopic (exact) mass is 443 g/mol. The number of aliphatic carboxylic acids is 1. The van der Waals surface area contributed by atoms with Crippen molar-refractivity contribution < 1.29 is 37.4 Å². The highest BCUT2D eigenvalue weighted by atomic mass is 19.4. The Balaban J connectivity index is 0.000000339. The molecule has 0 atom stereocenters. The van der Waals surface area contributed by atoms with Crippen LogP contribution in [0.15, 0.2) is 24.5 Å². The summed E-state index contributed by atoms with van der Waals surface area (Å²) in [7, 11) is 0. The van der Waals surface area contributed by atoms with E-state index in [0.717, 1.165) is 19.4 Å². The van der Waals surface area contributed by atoms with Gasteiger partial charge in [0.2, 0.25) is 5.91 Å². The molecule has 2 aliphatic heterocycles. The van der Waals surface area contributed by atoms with Crippen molar-refractivity contribution in [1.82, 2.24) is 14.8 Å². The molecule has 1 aliphatic carbocycles. The van der Waals surface area contributed by atoms with E-state index in [1.165, 1.54) is 12.8 Å². The third-order valence-electron chi connectivity index (χ3n) is 5.62. The van der Waals surface area contributed by atoms with Crippen LogP contribution in [0.5, 0.6) is 0 Å². The van der Waals surface area contributed by atoms with Crippen molar-refractivity contribution in [3.8, 4) is 0 Å². The first-order chi connectivity index (χ1) is 14.6. The lowest BCUT2D eigenvalue weighted by atomic mass is 9.89. The lowest BCUT2D eigenvalue weighted by Gasteiger charge is -2.47. The quantitative estimate of drug-likeness (QED) is 0.767. The molecule has 8 nitrogen and oxygen atoms in total. The van der Waals surface area contributed by atoms with Gasteiger partial charge in [-0.2, -0.15) is 13.2 Å². The number of pyridine rings is 1. The summed E-state index contributed by atoms with van der Waals surface area (Å²) >= 11 is 0. The minimum Gasteiger partial charge on any atom is -0.475 e. The second kappa shape index (κ2) is 9.21. The predicted molar refractivity (Wildman–Crippen MR) is 101 cm³/mol. The van der Waals surface area contributed by atoms with Crippen molar-refractivity contribution in [3.63, 3.8) is 0 Å². The lowest BCUT2D eigenvalue weighted by molar-refractivity contribution is -0.192. The molecule has 1 spiro atoms. The van der Waals surface area contributed by atoms with Crippen LogP contribution in [0.1, 0.15) is 36.0 Å². The number of rotatable bonds is 3. The first-order valence-electron chi connectivity index (χ1n) is 10.0. The zero-order valence-electron chi connectivity index (χ0n) is 16.8. The van der Waals surface area contributed by atoms with Crippen molar-refractivity contribution in [2.45, 2.75) is 37.5 Å². The molecular formula is C20H24F3N3O5. The summed E-state index contributed by atoms with van der Waals surface area (Å²) in [4.78, 5) is 41.4. The number of likely N-dealkylation sites (tertiary alicyclic amines) is 1. The first kappa shape index (κ1) is 23.0.